The molecule has 13 heteroatoms. The van der Waals surface area contributed by atoms with Gasteiger partial charge < -0.3 is 19.3 Å². The third-order valence-corrected chi connectivity index (χ3v) is 10.5. The van der Waals surface area contributed by atoms with E-state index in [1.807, 2.05) is 12.3 Å². The van der Waals surface area contributed by atoms with E-state index in [1.165, 1.54) is 23.2 Å². The number of piperidine rings is 1. The Kier molecular flexibility index (Phi) is 7.21. The first-order valence-corrected chi connectivity index (χ1v) is 16.0. The number of thioether (sulfide) groups is 1. The molecule has 0 saturated carbocycles. The van der Waals surface area contributed by atoms with Gasteiger partial charge in [0, 0.05) is 31.4 Å². The molecule has 0 N–H and O–H groups in total. The van der Waals surface area contributed by atoms with Crippen LogP contribution in [0.25, 0.3) is 10.8 Å². The van der Waals surface area contributed by atoms with Crippen LogP contribution in [0.4, 0.5) is 5.82 Å². The van der Waals surface area contributed by atoms with Crippen LogP contribution >= 0.6 is 23.4 Å². The van der Waals surface area contributed by atoms with E-state index in [9.17, 15) is 13.2 Å². The summed E-state index contributed by atoms with van der Waals surface area (Å²) in [5.74, 6) is 0.571. The zero-order valence-electron chi connectivity index (χ0n) is 22.2. The molecule has 3 aromatic rings. The Morgan fingerprint density at radius 2 is 1.85 bits per heavy atom. The number of carbonyl (C=O) groups excluding carboxylic acids is 1. The first-order chi connectivity index (χ1) is 19.2. The van der Waals surface area contributed by atoms with Gasteiger partial charge in [-0.05, 0) is 60.2 Å². The third kappa shape index (κ3) is 4.84. The van der Waals surface area contributed by atoms with Crippen molar-refractivity contribution in [2.24, 2.45) is 0 Å². The number of methoxy groups -OCH3 is 1. The van der Waals surface area contributed by atoms with Crippen molar-refractivity contribution < 1.29 is 22.7 Å². The van der Waals surface area contributed by atoms with Crippen LogP contribution in [0.5, 0.6) is 0 Å². The molecule has 3 aliphatic rings. The number of carbonyl (C=O) groups is 1. The van der Waals surface area contributed by atoms with E-state index in [-0.39, 0.29) is 30.5 Å². The van der Waals surface area contributed by atoms with Crippen LogP contribution in [0.2, 0.25) is 5.02 Å². The molecule has 1 spiro atoms. The van der Waals surface area contributed by atoms with Gasteiger partial charge in [-0.15, -0.1) is 0 Å². The molecule has 0 bridgehead atoms. The Labute approximate surface area is 242 Å². The molecule has 0 aliphatic carbocycles. The molecule has 212 valence electrons. The largest absolute Gasteiger partial charge is 0.380 e. The minimum atomic E-state index is -3.99. The van der Waals surface area contributed by atoms with E-state index in [2.05, 4.69) is 14.9 Å². The van der Waals surface area contributed by atoms with Crippen molar-refractivity contribution in [3.8, 4) is 0 Å². The lowest BCUT2D eigenvalue weighted by atomic mass is 9.91. The maximum absolute atomic E-state index is 13.8. The maximum Gasteiger partial charge on any atom is 0.243 e. The fourth-order valence-corrected chi connectivity index (χ4v) is 7.98. The molecule has 4 heterocycles. The number of nitrogens with zero attached hydrogens (tertiary/aromatic N) is 5. The van der Waals surface area contributed by atoms with Crippen LogP contribution in [0.1, 0.15) is 12.8 Å². The molecule has 1 aromatic heterocycles. The summed E-state index contributed by atoms with van der Waals surface area (Å²) < 4.78 is 41.1. The molecule has 2 aromatic carbocycles. The number of benzene rings is 2. The molecule has 3 fully saturated rings. The second-order valence-corrected chi connectivity index (χ2v) is 13.6. The summed E-state index contributed by atoms with van der Waals surface area (Å²) in [6, 6.07) is 12.1. The number of rotatable bonds is 6. The third-order valence-electron chi connectivity index (χ3n) is 7.96. The van der Waals surface area contributed by atoms with Gasteiger partial charge >= 0.3 is 0 Å². The van der Waals surface area contributed by atoms with Gasteiger partial charge in [0.15, 0.2) is 10.9 Å². The average molecular weight is 604 g/mol. The summed E-state index contributed by atoms with van der Waals surface area (Å²) in [7, 11) is -2.46. The summed E-state index contributed by atoms with van der Waals surface area (Å²) in [5.41, 5.74) is -1.80. The summed E-state index contributed by atoms with van der Waals surface area (Å²) >= 11 is 7.59. The van der Waals surface area contributed by atoms with Crippen molar-refractivity contribution >= 4 is 55.9 Å². The van der Waals surface area contributed by atoms with E-state index >= 15 is 0 Å². The highest BCUT2D eigenvalue weighted by Gasteiger charge is 2.60. The predicted molar refractivity (Wildman–Crippen MR) is 153 cm³/mol. The van der Waals surface area contributed by atoms with Crippen molar-refractivity contribution in [3.05, 3.63) is 53.7 Å². The molecule has 1 amide bonds. The molecular formula is C27H30ClN5O5S2. The lowest BCUT2D eigenvalue weighted by Gasteiger charge is -2.44. The first-order valence-electron chi connectivity index (χ1n) is 13.0. The normalized spacial score (nSPS) is 23.2. The molecule has 1 atom stereocenters. The summed E-state index contributed by atoms with van der Waals surface area (Å²) in [4.78, 5) is 26.4. The number of hydrogen-bond acceptors (Lipinski definition) is 9. The SMILES string of the molecule is COCC12CN(S(=O)(=O)c3ccc4cc(Cl)ccc4c3)CC(=O)N1CC1(CCN(c3ccnc(SC)n3)CC1)O2. The van der Waals surface area contributed by atoms with Crippen LogP contribution in [0.3, 0.4) is 0 Å². The average Bonchev–Trinajstić information content (AvgIpc) is 3.27. The predicted octanol–water partition coefficient (Wildman–Crippen LogP) is 3.25. The van der Waals surface area contributed by atoms with Crippen molar-refractivity contribution in [2.75, 3.05) is 57.6 Å². The number of aromatic nitrogens is 2. The fraction of sp³-hybridized carbons (Fsp3) is 0.444. The number of piperazine rings is 1. The highest BCUT2D eigenvalue weighted by molar-refractivity contribution is 7.98. The van der Waals surface area contributed by atoms with Gasteiger partial charge in [-0.25, -0.2) is 18.4 Å². The van der Waals surface area contributed by atoms with Gasteiger partial charge in [-0.3, -0.25) is 4.79 Å². The standard InChI is InChI=1S/C27H30ClN5O5S2/c1-37-18-27-17-32(40(35,36)22-6-4-19-13-21(28)5-3-20(19)14-22)15-24(34)33(27)16-26(38-27)8-11-31(12-9-26)23-7-10-29-25(30-23)39-2/h3-7,10,13-14H,8-9,11-12,15-18H2,1-2H3. The molecule has 40 heavy (non-hydrogen) atoms. The molecule has 10 nitrogen and oxygen atoms in total. The molecule has 1 unspecified atom stereocenters. The lowest BCUT2D eigenvalue weighted by Crippen LogP contribution is -2.65. The number of halogens is 1. The van der Waals surface area contributed by atoms with Crippen molar-refractivity contribution in [2.45, 2.75) is 34.2 Å². The Bertz CT molecular complexity index is 1570. The molecule has 6 rings (SSSR count). The highest BCUT2D eigenvalue weighted by Crippen LogP contribution is 2.44. The highest BCUT2D eigenvalue weighted by atomic mass is 35.5. The number of sulfonamides is 1. The minimum Gasteiger partial charge on any atom is -0.380 e. The number of ether oxygens (including phenoxy) is 2. The topological polar surface area (TPSA) is 105 Å². The van der Waals surface area contributed by atoms with Gasteiger partial charge in [0.25, 0.3) is 0 Å². The fourth-order valence-electron chi connectivity index (χ4n) is 5.99. The number of fused-ring (bicyclic) bond motifs is 2. The number of amides is 1. The molecule has 3 aliphatic heterocycles. The van der Waals surface area contributed by atoms with E-state index in [0.717, 1.165) is 16.6 Å². The molecular weight excluding hydrogens is 574 g/mol. The second kappa shape index (κ2) is 10.4. The smallest absolute Gasteiger partial charge is 0.243 e. The van der Waals surface area contributed by atoms with Gasteiger partial charge in [0.2, 0.25) is 15.9 Å². The van der Waals surface area contributed by atoms with Gasteiger partial charge in [0.05, 0.1) is 36.7 Å². The minimum absolute atomic E-state index is 0.0119. The zero-order valence-corrected chi connectivity index (χ0v) is 24.6. The van der Waals surface area contributed by atoms with Gasteiger partial charge in [-0.1, -0.05) is 35.5 Å². The summed E-state index contributed by atoms with van der Waals surface area (Å²) in [6.45, 7) is 1.58. The Balaban J connectivity index is 1.25. The number of hydrogen-bond donors (Lipinski definition) is 0. The monoisotopic (exact) mass is 603 g/mol. The van der Waals surface area contributed by atoms with Crippen LogP contribution < -0.4 is 4.90 Å². The van der Waals surface area contributed by atoms with Gasteiger partial charge in [0.1, 0.15) is 5.82 Å². The van der Waals surface area contributed by atoms with E-state index < -0.39 is 21.3 Å². The van der Waals surface area contributed by atoms with Gasteiger partial charge in [-0.2, -0.15) is 4.31 Å². The molecule has 3 saturated heterocycles. The molecule has 0 radical (unpaired) electrons. The van der Waals surface area contributed by atoms with Crippen LogP contribution in [0.15, 0.2) is 58.7 Å². The van der Waals surface area contributed by atoms with E-state index in [1.54, 1.807) is 47.5 Å². The van der Waals surface area contributed by atoms with E-state index in [4.69, 9.17) is 21.1 Å². The second-order valence-electron chi connectivity index (χ2n) is 10.5. The van der Waals surface area contributed by atoms with Crippen LogP contribution in [-0.4, -0.2) is 97.5 Å². The quantitative estimate of drug-likeness (QED) is 0.310. The summed E-state index contributed by atoms with van der Waals surface area (Å²) in [5, 5.41) is 2.87. The van der Waals surface area contributed by atoms with E-state index in [0.29, 0.717) is 42.7 Å². The van der Waals surface area contributed by atoms with Crippen molar-refractivity contribution in [3.63, 3.8) is 0 Å². The number of anilines is 1. The van der Waals surface area contributed by atoms with Crippen molar-refractivity contribution in [1.29, 1.82) is 0 Å². The lowest BCUT2D eigenvalue weighted by molar-refractivity contribution is -0.194. The zero-order chi connectivity index (χ0) is 28.1. The van der Waals surface area contributed by atoms with Crippen LogP contribution in [0, 0.1) is 0 Å². The Hall–Kier alpha value is -2.48. The first kappa shape index (κ1) is 27.7. The Morgan fingerprint density at radius 1 is 1.10 bits per heavy atom. The van der Waals surface area contributed by atoms with Crippen LogP contribution in [-0.2, 0) is 24.3 Å². The summed E-state index contributed by atoms with van der Waals surface area (Å²) in [6.07, 6.45) is 5.04. The Morgan fingerprint density at radius 3 is 2.60 bits per heavy atom. The maximum atomic E-state index is 13.8. The van der Waals surface area contributed by atoms with Crippen molar-refractivity contribution in [1.82, 2.24) is 19.2 Å².